The summed E-state index contributed by atoms with van der Waals surface area (Å²) in [6.45, 7) is 1.54. The summed E-state index contributed by atoms with van der Waals surface area (Å²) >= 11 is 0. The average molecular weight is 282 g/mol. The van der Waals surface area contributed by atoms with E-state index in [4.69, 9.17) is 0 Å². The van der Waals surface area contributed by atoms with Crippen molar-refractivity contribution in [1.29, 1.82) is 0 Å². The summed E-state index contributed by atoms with van der Waals surface area (Å²) in [7, 11) is -6.65. The predicted octanol–water partition coefficient (Wildman–Crippen LogP) is -1.16. The lowest BCUT2D eigenvalue weighted by Crippen LogP contribution is -2.48. The van der Waals surface area contributed by atoms with E-state index >= 15 is 0 Å². The van der Waals surface area contributed by atoms with Gasteiger partial charge in [-0.3, -0.25) is 0 Å². The zero-order valence-corrected chi connectivity index (χ0v) is 11.2. The van der Waals surface area contributed by atoms with Crippen LogP contribution in [0.4, 0.5) is 0 Å². The van der Waals surface area contributed by atoms with Gasteiger partial charge in [-0.15, -0.1) is 0 Å². The Balaban J connectivity index is 1.99. The van der Waals surface area contributed by atoms with Crippen molar-refractivity contribution < 1.29 is 16.8 Å². The summed E-state index contributed by atoms with van der Waals surface area (Å²) in [6.07, 6.45) is 1.97. The van der Waals surface area contributed by atoms with E-state index in [9.17, 15) is 16.8 Å². The van der Waals surface area contributed by atoms with Gasteiger partial charge in [0.15, 0.2) is 9.84 Å². The number of sulfonamides is 1. The van der Waals surface area contributed by atoms with Gasteiger partial charge in [-0.1, -0.05) is 0 Å². The van der Waals surface area contributed by atoms with Gasteiger partial charge >= 0.3 is 0 Å². The van der Waals surface area contributed by atoms with Gasteiger partial charge in [0.2, 0.25) is 10.0 Å². The maximum atomic E-state index is 12.0. The Kier molecular flexibility index (Phi) is 3.77. The van der Waals surface area contributed by atoms with Crippen molar-refractivity contribution >= 4 is 19.9 Å². The highest BCUT2D eigenvalue weighted by molar-refractivity contribution is 7.95. The van der Waals surface area contributed by atoms with Crippen LogP contribution in [0.5, 0.6) is 0 Å². The molecule has 2 N–H and O–H groups in total. The van der Waals surface area contributed by atoms with E-state index in [0.717, 1.165) is 19.4 Å². The molecule has 0 saturated carbocycles. The molecule has 2 aliphatic heterocycles. The molecule has 2 saturated heterocycles. The van der Waals surface area contributed by atoms with Crippen molar-refractivity contribution in [1.82, 2.24) is 10.0 Å². The first-order valence-electron chi connectivity index (χ1n) is 5.81. The van der Waals surface area contributed by atoms with Crippen molar-refractivity contribution in [2.75, 3.05) is 24.6 Å². The standard InChI is InChI=1S/C9H18N2O4S2/c12-16(13)5-3-9(7-16)17(14,15)11-8-2-1-4-10-6-8/h8-11H,1-7H2/t8-,9?/m0/s1. The quantitative estimate of drug-likeness (QED) is 0.681. The first-order chi connectivity index (χ1) is 7.89. The largest absolute Gasteiger partial charge is 0.315 e. The first kappa shape index (κ1) is 13.3. The molecule has 0 aliphatic carbocycles. The lowest BCUT2D eigenvalue weighted by molar-refractivity contribution is 0.427. The molecule has 6 nitrogen and oxygen atoms in total. The molecular formula is C9H18N2O4S2. The van der Waals surface area contributed by atoms with Gasteiger partial charge in [0.25, 0.3) is 0 Å². The van der Waals surface area contributed by atoms with Crippen molar-refractivity contribution in [2.45, 2.75) is 30.6 Å². The number of hydrogen-bond donors (Lipinski definition) is 2. The van der Waals surface area contributed by atoms with Crippen molar-refractivity contribution in [3.8, 4) is 0 Å². The highest BCUT2D eigenvalue weighted by atomic mass is 32.2. The first-order valence-corrected chi connectivity index (χ1v) is 9.18. The van der Waals surface area contributed by atoms with Gasteiger partial charge in [0.05, 0.1) is 16.8 Å². The van der Waals surface area contributed by atoms with Gasteiger partial charge in [0.1, 0.15) is 0 Å². The zero-order chi connectivity index (χ0) is 12.5. The molecule has 2 heterocycles. The molecule has 0 bridgehead atoms. The third-order valence-electron chi connectivity index (χ3n) is 3.26. The van der Waals surface area contributed by atoms with Crippen LogP contribution in [0.15, 0.2) is 0 Å². The summed E-state index contributed by atoms with van der Waals surface area (Å²) < 4.78 is 49.1. The second-order valence-corrected chi connectivity index (χ2v) is 8.95. The summed E-state index contributed by atoms with van der Waals surface area (Å²) in [4.78, 5) is 0. The zero-order valence-electron chi connectivity index (χ0n) is 9.55. The third kappa shape index (κ3) is 3.40. The average Bonchev–Trinajstić information content (AvgIpc) is 2.60. The molecule has 8 heteroatoms. The molecule has 0 amide bonds. The predicted molar refractivity (Wildman–Crippen MR) is 65.0 cm³/mol. The molecule has 2 aliphatic rings. The Bertz CT molecular complexity index is 465. The Morgan fingerprint density at radius 1 is 1.24 bits per heavy atom. The Hall–Kier alpha value is -0.180. The Labute approximate surface area is 102 Å². The fraction of sp³-hybridized carbons (Fsp3) is 1.00. The lowest BCUT2D eigenvalue weighted by Gasteiger charge is -2.25. The minimum atomic E-state index is -3.50. The second-order valence-electron chi connectivity index (χ2n) is 4.73. The second kappa shape index (κ2) is 4.83. The summed E-state index contributed by atoms with van der Waals surface area (Å²) in [5, 5.41) is 2.35. The van der Waals surface area contributed by atoms with Crippen LogP contribution < -0.4 is 10.0 Å². The molecule has 2 atom stereocenters. The lowest BCUT2D eigenvalue weighted by atomic mass is 10.1. The van der Waals surface area contributed by atoms with E-state index in [1.165, 1.54) is 0 Å². The third-order valence-corrected chi connectivity index (χ3v) is 7.18. The van der Waals surface area contributed by atoms with Crippen molar-refractivity contribution in [3.63, 3.8) is 0 Å². The maximum Gasteiger partial charge on any atom is 0.215 e. The van der Waals surface area contributed by atoms with Gasteiger partial charge in [-0.25, -0.2) is 21.6 Å². The monoisotopic (exact) mass is 282 g/mol. The molecule has 0 spiro atoms. The highest BCUT2D eigenvalue weighted by Crippen LogP contribution is 2.19. The van der Waals surface area contributed by atoms with E-state index in [1.807, 2.05) is 0 Å². The Morgan fingerprint density at radius 3 is 2.53 bits per heavy atom. The van der Waals surface area contributed by atoms with Crippen LogP contribution in [-0.4, -0.2) is 52.7 Å². The molecule has 0 aromatic heterocycles. The van der Waals surface area contributed by atoms with E-state index < -0.39 is 25.1 Å². The highest BCUT2D eigenvalue weighted by Gasteiger charge is 2.38. The molecule has 0 aromatic rings. The summed E-state index contributed by atoms with van der Waals surface area (Å²) in [5.74, 6) is -0.246. The smallest absolute Gasteiger partial charge is 0.215 e. The van der Waals surface area contributed by atoms with Crippen LogP contribution in [0.2, 0.25) is 0 Å². The Morgan fingerprint density at radius 2 is 2.00 bits per heavy atom. The molecule has 0 aromatic carbocycles. The molecular weight excluding hydrogens is 264 g/mol. The molecule has 2 rings (SSSR count). The maximum absolute atomic E-state index is 12.0. The van der Waals surface area contributed by atoms with E-state index in [-0.39, 0.29) is 24.0 Å². The van der Waals surface area contributed by atoms with Crippen molar-refractivity contribution in [3.05, 3.63) is 0 Å². The van der Waals surface area contributed by atoms with Gasteiger partial charge in [-0.05, 0) is 25.8 Å². The molecule has 2 fully saturated rings. The normalized spacial score (nSPS) is 33.6. The number of hydrogen-bond acceptors (Lipinski definition) is 5. The van der Waals surface area contributed by atoms with Crippen LogP contribution in [0.25, 0.3) is 0 Å². The van der Waals surface area contributed by atoms with Crippen LogP contribution in [0, 0.1) is 0 Å². The number of piperidine rings is 1. The minimum absolute atomic E-state index is 0.0124. The number of sulfone groups is 1. The van der Waals surface area contributed by atoms with Crippen molar-refractivity contribution in [2.24, 2.45) is 0 Å². The molecule has 100 valence electrons. The topological polar surface area (TPSA) is 92.3 Å². The fourth-order valence-electron chi connectivity index (χ4n) is 2.29. The molecule has 17 heavy (non-hydrogen) atoms. The number of rotatable bonds is 3. The van der Waals surface area contributed by atoms with Gasteiger partial charge < -0.3 is 5.32 Å². The summed E-state index contributed by atoms with van der Waals surface area (Å²) in [6, 6.07) is -0.0999. The SMILES string of the molecule is O=S1(=O)CCC(S(=O)(=O)N[C@H]2CCCNC2)C1. The fourth-order valence-corrected chi connectivity index (χ4v) is 6.60. The minimum Gasteiger partial charge on any atom is -0.315 e. The van der Waals surface area contributed by atoms with Crippen LogP contribution in [-0.2, 0) is 19.9 Å². The van der Waals surface area contributed by atoms with Crippen LogP contribution in [0.1, 0.15) is 19.3 Å². The molecule has 1 unspecified atom stereocenters. The van der Waals surface area contributed by atoms with E-state index in [2.05, 4.69) is 10.0 Å². The van der Waals surface area contributed by atoms with Crippen LogP contribution >= 0.6 is 0 Å². The molecule has 0 radical (unpaired) electrons. The van der Waals surface area contributed by atoms with Gasteiger partial charge in [0, 0.05) is 12.6 Å². The van der Waals surface area contributed by atoms with Crippen LogP contribution in [0.3, 0.4) is 0 Å². The number of nitrogens with one attached hydrogen (secondary N) is 2. The van der Waals surface area contributed by atoms with E-state index in [1.54, 1.807) is 0 Å². The van der Waals surface area contributed by atoms with E-state index in [0.29, 0.717) is 6.54 Å². The van der Waals surface area contributed by atoms with Gasteiger partial charge in [-0.2, -0.15) is 0 Å². The summed E-state index contributed by atoms with van der Waals surface area (Å²) in [5.41, 5.74) is 0.